The molecule has 1 fully saturated rings. The van der Waals surface area contributed by atoms with Crippen LogP contribution in [0.3, 0.4) is 0 Å². The number of aliphatic imine (C=N–C) groups is 1. The summed E-state index contributed by atoms with van der Waals surface area (Å²) in [6.45, 7) is 4.56. The second-order valence-electron chi connectivity index (χ2n) is 5.63. The van der Waals surface area contributed by atoms with Crippen LogP contribution in [0, 0.1) is 0 Å². The SMILES string of the molecule is CCc1nc(CNC(=NC)N2CCC(Oc3ccccn3)C2)cs1. The number of aromatic nitrogens is 2. The maximum Gasteiger partial charge on any atom is 0.213 e. The lowest BCUT2D eigenvalue weighted by atomic mass is 10.3. The molecule has 3 rings (SSSR count). The molecule has 0 spiro atoms. The molecular weight excluding hydrogens is 322 g/mol. The minimum absolute atomic E-state index is 0.143. The molecule has 3 heterocycles. The zero-order valence-electron chi connectivity index (χ0n) is 14.1. The van der Waals surface area contributed by atoms with Crippen molar-refractivity contribution in [3.8, 4) is 5.88 Å². The molecule has 24 heavy (non-hydrogen) atoms. The first-order valence-electron chi connectivity index (χ1n) is 8.25. The van der Waals surface area contributed by atoms with Crippen molar-refractivity contribution in [2.24, 2.45) is 4.99 Å². The van der Waals surface area contributed by atoms with Gasteiger partial charge in [-0.05, 0) is 12.5 Å². The third kappa shape index (κ3) is 4.23. The molecular formula is C17H23N5OS. The van der Waals surface area contributed by atoms with Crippen LogP contribution in [0.15, 0.2) is 34.8 Å². The van der Waals surface area contributed by atoms with Gasteiger partial charge in [0.05, 0.1) is 23.8 Å². The van der Waals surface area contributed by atoms with Gasteiger partial charge < -0.3 is 15.0 Å². The summed E-state index contributed by atoms with van der Waals surface area (Å²) in [4.78, 5) is 15.4. The lowest BCUT2D eigenvalue weighted by Crippen LogP contribution is -2.40. The van der Waals surface area contributed by atoms with Crippen molar-refractivity contribution in [3.63, 3.8) is 0 Å². The number of pyridine rings is 1. The number of hydrogen-bond acceptors (Lipinski definition) is 5. The lowest BCUT2D eigenvalue weighted by Gasteiger charge is -2.21. The molecule has 6 nitrogen and oxygen atoms in total. The maximum absolute atomic E-state index is 5.93. The van der Waals surface area contributed by atoms with Gasteiger partial charge in [-0.15, -0.1) is 11.3 Å². The Balaban J connectivity index is 1.51. The third-order valence-electron chi connectivity index (χ3n) is 3.91. The van der Waals surface area contributed by atoms with Gasteiger partial charge in [0.2, 0.25) is 5.88 Å². The van der Waals surface area contributed by atoms with Crippen molar-refractivity contribution >= 4 is 17.3 Å². The van der Waals surface area contributed by atoms with Crippen LogP contribution in [0.4, 0.5) is 0 Å². The normalized spacial score (nSPS) is 18.0. The number of guanidine groups is 1. The van der Waals surface area contributed by atoms with Gasteiger partial charge in [-0.25, -0.2) is 9.97 Å². The van der Waals surface area contributed by atoms with Crippen LogP contribution < -0.4 is 10.1 Å². The van der Waals surface area contributed by atoms with Crippen molar-refractivity contribution in [3.05, 3.63) is 40.5 Å². The zero-order chi connectivity index (χ0) is 16.8. The summed E-state index contributed by atoms with van der Waals surface area (Å²) in [6.07, 6.45) is 3.84. The summed E-state index contributed by atoms with van der Waals surface area (Å²) in [6, 6.07) is 5.72. The highest BCUT2D eigenvalue weighted by molar-refractivity contribution is 7.09. The standard InChI is InChI=1S/C17H23N5OS/c1-3-16-21-13(12-24-16)10-20-17(18-2)22-9-7-14(11-22)23-15-6-4-5-8-19-15/h4-6,8,12,14H,3,7,9-11H2,1-2H3,(H,18,20). The molecule has 0 amide bonds. The van der Waals surface area contributed by atoms with Crippen LogP contribution in [0.5, 0.6) is 5.88 Å². The van der Waals surface area contributed by atoms with E-state index in [9.17, 15) is 0 Å². The number of rotatable bonds is 5. The van der Waals surface area contributed by atoms with E-state index in [0.29, 0.717) is 12.4 Å². The number of ether oxygens (including phenoxy) is 1. The topological polar surface area (TPSA) is 62.6 Å². The lowest BCUT2D eigenvalue weighted by molar-refractivity contribution is 0.205. The molecule has 1 unspecified atom stereocenters. The summed E-state index contributed by atoms with van der Waals surface area (Å²) >= 11 is 1.71. The van der Waals surface area contributed by atoms with Crippen LogP contribution in [0.2, 0.25) is 0 Å². The molecule has 7 heteroatoms. The summed E-state index contributed by atoms with van der Waals surface area (Å²) < 4.78 is 5.93. The van der Waals surface area contributed by atoms with E-state index in [4.69, 9.17) is 4.74 Å². The molecule has 2 aromatic rings. The number of nitrogens with zero attached hydrogens (tertiary/aromatic N) is 4. The summed E-state index contributed by atoms with van der Waals surface area (Å²) in [7, 11) is 1.81. The number of hydrogen-bond donors (Lipinski definition) is 1. The Morgan fingerprint density at radius 1 is 1.50 bits per heavy atom. The molecule has 2 aromatic heterocycles. The van der Waals surface area contributed by atoms with Gasteiger partial charge in [-0.2, -0.15) is 0 Å². The fourth-order valence-electron chi connectivity index (χ4n) is 2.70. The fourth-order valence-corrected chi connectivity index (χ4v) is 3.44. The predicted molar refractivity (Wildman–Crippen MR) is 96.5 cm³/mol. The second kappa shape index (κ2) is 8.10. The van der Waals surface area contributed by atoms with E-state index in [-0.39, 0.29) is 6.10 Å². The van der Waals surface area contributed by atoms with E-state index in [2.05, 4.69) is 37.5 Å². The Morgan fingerprint density at radius 2 is 2.42 bits per heavy atom. The Bertz CT molecular complexity index is 673. The van der Waals surface area contributed by atoms with Crippen LogP contribution in [0.1, 0.15) is 24.0 Å². The second-order valence-corrected chi connectivity index (χ2v) is 6.57. The first kappa shape index (κ1) is 16.7. The van der Waals surface area contributed by atoms with Gasteiger partial charge in [-0.3, -0.25) is 4.99 Å². The summed E-state index contributed by atoms with van der Waals surface area (Å²) in [5.41, 5.74) is 1.07. The van der Waals surface area contributed by atoms with Crippen molar-refractivity contribution in [1.82, 2.24) is 20.2 Å². The van der Waals surface area contributed by atoms with Gasteiger partial charge in [-0.1, -0.05) is 13.0 Å². The molecule has 1 aliphatic heterocycles. The molecule has 1 atom stereocenters. The Kier molecular flexibility index (Phi) is 5.63. The van der Waals surface area contributed by atoms with E-state index < -0.39 is 0 Å². The van der Waals surface area contributed by atoms with E-state index >= 15 is 0 Å². The first-order chi connectivity index (χ1) is 11.8. The van der Waals surface area contributed by atoms with E-state index in [0.717, 1.165) is 37.6 Å². The summed E-state index contributed by atoms with van der Waals surface area (Å²) in [5.74, 6) is 1.58. The highest BCUT2D eigenvalue weighted by atomic mass is 32.1. The number of likely N-dealkylation sites (tertiary alicyclic amines) is 1. The van der Waals surface area contributed by atoms with Crippen LogP contribution in [0.25, 0.3) is 0 Å². The Hall–Kier alpha value is -2.15. The van der Waals surface area contributed by atoms with Crippen molar-refractivity contribution < 1.29 is 4.74 Å². The molecule has 1 aliphatic rings. The Labute approximate surface area is 146 Å². The van der Waals surface area contributed by atoms with Gasteiger partial charge in [0.25, 0.3) is 0 Å². The van der Waals surface area contributed by atoms with E-state index in [1.807, 2.05) is 25.2 Å². The molecule has 0 saturated carbocycles. The average Bonchev–Trinajstić information content (AvgIpc) is 3.26. The monoisotopic (exact) mass is 345 g/mol. The molecule has 1 N–H and O–H groups in total. The molecule has 128 valence electrons. The number of aryl methyl sites for hydroxylation is 1. The summed E-state index contributed by atoms with van der Waals surface area (Å²) in [5, 5.41) is 6.68. The zero-order valence-corrected chi connectivity index (χ0v) is 14.9. The van der Waals surface area contributed by atoms with Crippen molar-refractivity contribution in [1.29, 1.82) is 0 Å². The smallest absolute Gasteiger partial charge is 0.213 e. The van der Waals surface area contributed by atoms with Crippen LogP contribution in [-0.2, 0) is 13.0 Å². The van der Waals surface area contributed by atoms with E-state index in [1.54, 1.807) is 17.5 Å². The quantitative estimate of drug-likeness (QED) is 0.666. The Morgan fingerprint density at radius 3 is 3.12 bits per heavy atom. The average molecular weight is 345 g/mol. The molecule has 0 radical (unpaired) electrons. The molecule has 1 saturated heterocycles. The number of nitrogens with one attached hydrogen (secondary N) is 1. The van der Waals surface area contributed by atoms with Crippen LogP contribution >= 0.6 is 11.3 Å². The highest BCUT2D eigenvalue weighted by Crippen LogP contribution is 2.16. The van der Waals surface area contributed by atoms with Crippen LogP contribution in [-0.4, -0.2) is 47.1 Å². The van der Waals surface area contributed by atoms with E-state index in [1.165, 1.54) is 5.01 Å². The fraction of sp³-hybridized carbons (Fsp3) is 0.471. The molecule has 0 aromatic carbocycles. The largest absolute Gasteiger partial charge is 0.472 e. The predicted octanol–water partition coefficient (Wildman–Crippen LogP) is 2.33. The maximum atomic E-state index is 5.93. The molecule has 0 aliphatic carbocycles. The third-order valence-corrected chi connectivity index (χ3v) is 4.95. The number of thiazole rings is 1. The van der Waals surface area contributed by atoms with Gasteiger partial charge >= 0.3 is 0 Å². The minimum Gasteiger partial charge on any atom is -0.472 e. The molecule has 0 bridgehead atoms. The van der Waals surface area contributed by atoms with Crippen molar-refractivity contribution in [2.75, 3.05) is 20.1 Å². The van der Waals surface area contributed by atoms with Gasteiger partial charge in [0.15, 0.2) is 5.96 Å². The van der Waals surface area contributed by atoms with Gasteiger partial charge in [0, 0.05) is 37.7 Å². The van der Waals surface area contributed by atoms with Crippen molar-refractivity contribution in [2.45, 2.75) is 32.4 Å². The first-order valence-corrected chi connectivity index (χ1v) is 9.13. The minimum atomic E-state index is 0.143. The van der Waals surface area contributed by atoms with Gasteiger partial charge in [0.1, 0.15) is 6.10 Å². The highest BCUT2D eigenvalue weighted by Gasteiger charge is 2.26.